The van der Waals surface area contributed by atoms with E-state index in [0.29, 0.717) is 31.2 Å². The maximum absolute atomic E-state index is 6.03. The fourth-order valence-corrected chi connectivity index (χ4v) is 2.78. The van der Waals surface area contributed by atoms with Gasteiger partial charge >= 0.3 is 0 Å². The van der Waals surface area contributed by atoms with E-state index < -0.39 is 0 Å². The average Bonchev–Trinajstić information content (AvgIpc) is 2.47. The highest BCUT2D eigenvalue weighted by Gasteiger charge is 2.21. The predicted molar refractivity (Wildman–Crippen MR) is 79.9 cm³/mol. The van der Waals surface area contributed by atoms with E-state index in [2.05, 4.69) is 32.1 Å². The van der Waals surface area contributed by atoms with Gasteiger partial charge in [-0.05, 0) is 31.4 Å². The Morgan fingerprint density at radius 2 is 2.00 bits per heavy atom. The number of hydrogen-bond acceptors (Lipinski definition) is 7. The minimum atomic E-state index is 0.217. The summed E-state index contributed by atoms with van der Waals surface area (Å²) in [5, 5.41) is 3.56. The van der Waals surface area contributed by atoms with Gasteiger partial charge < -0.3 is 19.7 Å². The molecule has 1 aromatic heterocycles. The van der Waals surface area contributed by atoms with Crippen LogP contribution in [0.25, 0.3) is 0 Å². The first kappa shape index (κ1) is 14.7. The third-order valence-electron chi connectivity index (χ3n) is 3.71. The molecule has 1 aromatic rings. The number of aromatic nitrogens is 3. The molecular weight excluding hydrogens is 294 g/mol. The molecule has 3 rings (SSSR count). The fraction of sp³-hybridized carbons (Fsp3) is 0.769. The van der Waals surface area contributed by atoms with Crippen molar-refractivity contribution >= 4 is 23.5 Å². The van der Waals surface area contributed by atoms with E-state index in [0.717, 1.165) is 32.5 Å². The summed E-state index contributed by atoms with van der Waals surface area (Å²) in [4.78, 5) is 14.9. The number of hydrogen-bond donors (Lipinski definition) is 1. The third kappa shape index (κ3) is 3.93. The van der Waals surface area contributed by atoms with Crippen molar-refractivity contribution in [2.45, 2.75) is 31.9 Å². The van der Waals surface area contributed by atoms with Crippen molar-refractivity contribution in [3.8, 4) is 0 Å². The zero-order chi connectivity index (χ0) is 14.7. The van der Waals surface area contributed by atoms with Gasteiger partial charge in [-0.25, -0.2) is 0 Å². The first-order valence-corrected chi connectivity index (χ1v) is 7.71. The molecule has 1 N–H and O–H groups in total. The number of halogens is 1. The molecule has 2 aliphatic rings. The van der Waals surface area contributed by atoms with Crippen LogP contribution in [-0.4, -0.2) is 60.0 Å². The average molecular weight is 314 g/mol. The Labute approximate surface area is 129 Å². The summed E-state index contributed by atoms with van der Waals surface area (Å²) in [6, 6.07) is 0.310. The molecule has 8 heteroatoms. The molecule has 21 heavy (non-hydrogen) atoms. The van der Waals surface area contributed by atoms with Crippen LogP contribution in [0.15, 0.2) is 0 Å². The van der Waals surface area contributed by atoms with Gasteiger partial charge in [0.25, 0.3) is 0 Å². The second-order valence-corrected chi connectivity index (χ2v) is 5.71. The van der Waals surface area contributed by atoms with Gasteiger partial charge in [0.2, 0.25) is 17.2 Å². The number of rotatable bonds is 3. The van der Waals surface area contributed by atoms with E-state index >= 15 is 0 Å². The number of anilines is 2. The van der Waals surface area contributed by atoms with Gasteiger partial charge in [0, 0.05) is 25.7 Å². The molecule has 2 unspecified atom stereocenters. The van der Waals surface area contributed by atoms with Crippen LogP contribution < -0.4 is 10.2 Å². The Morgan fingerprint density at radius 1 is 1.19 bits per heavy atom. The molecule has 2 atom stereocenters. The molecule has 0 bridgehead atoms. The summed E-state index contributed by atoms with van der Waals surface area (Å²) in [5.41, 5.74) is 0. The van der Waals surface area contributed by atoms with Crippen molar-refractivity contribution in [2.24, 2.45) is 0 Å². The van der Waals surface area contributed by atoms with Gasteiger partial charge in [-0.2, -0.15) is 15.0 Å². The second-order valence-electron chi connectivity index (χ2n) is 5.37. The van der Waals surface area contributed by atoms with Crippen LogP contribution in [0.3, 0.4) is 0 Å². The van der Waals surface area contributed by atoms with Crippen molar-refractivity contribution in [2.75, 3.05) is 43.1 Å². The first-order valence-electron chi connectivity index (χ1n) is 7.33. The lowest BCUT2D eigenvalue weighted by molar-refractivity contribution is 0.0231. The quantitative estimate of drug-likeness (QED) is 0.902. The number of ether oxygens (including phenoxy) is 2. The summed E-state index contributed by atoms with van der Waals surface area (Å²) < 4.78 is 10.9. The van der Waals surface area contributed by atoms with Crippen LogP contribution in [0.2, 0.25) is 5.28 Å². The lowest BCUT2D eigenvalue weighted by atomic mass is 10.0. The Morgan fingerprint density at radius 3 is 2.76 bits per heavy atom. The third-order valence-corrected chi connectivity index (χ3v) is 3.88. The molecule has 2 aliphatic heterocycles. The van der Waals surface area contributed by atoms with Crippen molar-refractivity contribution in [3.05, 3.63) is 5.28 Å². The lowest BCUT2D eigenvalue weighted by Crippen LogP contribution is -2.38. The van der Waals surface area contributed by atoms with Crippen molar-refractivity contribution in [1.29, 1.82) is 0 Å². The van der Waals surface area contributed by atoms with E-state index in [1.807, 2.05) is 0 Å². The van der Waals surface area contributed by atoms with Crippen molar-refractivity contribution < 1.29 is 9.47 Å². The SMILES string of the molecule is CC1CC(Nc2nc(Cl)nc(N3CCOCC3)n2)CCO1. The zero-order valence-electron chi connectivity index (χ0n) is 12.1. The molecule has 3 heterocycles. The van der Waals surface area contributed by atoms with E-state index in [9.17, 15) is 0 Å². The summed E-state index contributed by atoms with van der Waals surface area (Å²) in [7, 11) is 0. The molecule has 2 fully saturated rings. The first-order chi connectivity index (χ1) is 10.2. The van der Waals surface area contributed by atoms with Crippen LogP contribution >= 0.6 is 11.6 Å². The Kier molecular flexibility index (Phi) is 4.72. The molecule has 7 nitrogen and oxygen atoms in total. The largest absolute Gasteiger partial charge is 0.378 e. The minimum absolute atomic E-state index is 0.217. The molecule has 0 aromatic carbocycles. The summed E-state index contributed by atoms with van der Waals surface area (Å²) in [6.45, 7) is 5.75. The number of nitrogens with zero attached hydrogens (tertiary/aromatic N) is 4. The molecule has 0 spiro atoms. The fourth-order valence-electron chi connectivity index (χ4n) is 2.62. The summed E-state index contributed by atoms with van der Waals surface area (Å²) >= 11 is 6.03. The Balaban J connectivity index is 1.71. The van der Waals surface area contributed by atoms with E-state index in [1.165, 1.54) is 0 Å². The molecule has 0 radical (unpaired) electrons. The number of morpholine rings is 1. The van der Waals surface area contributed by atoms with Gasteiger partial charge in [0.1, 0.15) is 0 Å². The zero-order valence-corrected chi connectivity index (χ0v) is 12.8. The van der Waals surface area contributed by atoms with E-state index in [4.69, 9.17) is 21.1 Å². The summed E-state index contributed by atoms with van der Waals surface area (Å²) in [5.74, 6) is 1.15. The van der Waals surface area contributed by atoms with Crippen LogP contribution in [0.4, 0.5) is 11.9 Å². The van der Waals surface area contributed by atoms with E-state index in [1.54, 1.807) is 0 Å². The topological polar surface area (TPSA) is 72.4 Å². The van der Waals surface area contributed by atoms with Crippen LogP contribution in [-0.2, 0) is 9.47 Å². The maximum Gasteiger partial charge on any atom is 0.231 e. The van der Waals surface area contributed by atoms with Crippen molar-refractivity contribution in [1.82, 2.24) is 15.0 Å². The van der Waals surface area contributed by atoms with Crippen molar-refractivity contribution in [3.63, 3.8) is 0 Å². The van der Waals surface area contributed by atoms with Crippen LogP contribution in [0.1, 0.15) is 19.8 Å². The highest BCUT2D eigenvalue weighted by Crippen LogP contribution is 2.19. The van der Waals surface area contributed by atoms with E-state index in [-0.39, 0.29) is 11.4 Å². The van der Waals surface area contributed by atoms with Gasteiger partial charge in [0.15, 0.2) is 0 Å². The molecule has 0 aliphatic carbocycles. The Bertz CT molecular complexity index is 484. The van der Waals surface area contributed by atoms with Gasteiger partial charge in [-0.1, -0.05) is 0 Å². The normalized spacial score (nSPS) is 26.7. The minimum Gasteiger partial charge on any atom is -0.378 e. The lowest BCUT2D eigenvalue weighted by Gasteiger charge is -2.29. The highest BCUT2D eigenvalue weighted by atomic mass is 35.5. The van der Waals surface area contributed by atoms with Gasteiger partial charge in [0.05, 0.1) is 19.3 Å². The smallest absolute Gasteiger partial charge is 0.231 e. The Hall–Kier alpha value is -1.18. The standard InChI is InChI=1S/C13H20ClN5O2/c1-9-8-10(2-5-21-9)15-12-16-11(14)17-13(18-12)19-3-6-20-7-4-19/h9-10H,2-8H2,1H3,(H,15,16,17,18). The van der Waals surface area contributed by atoms with Crippen LogP contribution in [0, 0.1) is 0 Å². The van der Waals surface area contributed by atoms with Gasteiger partial charge in [-0.3, -0.25) is 0 Å². The molecule has 2 saturated heterocycles. The molecule has 0 amide bonds. The molecular formula is C13H20ClN5O2. The number of nitrogens with one attached hydrogen (secondary N) is 1. The molecule has 116 valence electrons. The maximum atomic E-state index is 6.03. The molecule has 0 saturated carbocycles. The highest BCUT2D eigenvalue weighted by molar-refractivity contribution is 6.28. The van der Waals surface area contributed by atoms with Crippen LogP contribution in [0.5, 0.6) is 0 Å². The second kappa shape index (κ2) is 6.72. The van der Waals surface area contributed by atoms with Gasteiger partial charge in [-0.15, -0.1) is 0 Å². The predicted octanol–water partition coefficient (Wildman–Crippen LogP) is 1.34. The summed E-state index contributed by atoms with van der Waals surface area (Å²) in [6.07, 6.45) is 2.14. The monoisotopic (exact) mass is 313 g/mol.